The zero-order chi connectivity index (χ0) is 11.5. The van der Waals surface area contributed by atoms with Crippen LogP contribution in [0.25, 0.3) is 0 Å². The fraction of sp³-hybridized carbons (Fsp3) is 0.909. The Balaban J connectivity index is 1.90. The first-order chi connectivity index (χ1) is 7.68. The zero-order valence-corrected chi connectivity index (χ0v) is 10.3. The average molecular weight is 226 g/mol. The Morgan fingerprint density at radius 2 is 2.19 bits per heavy atom. The minimum Gasteiger partial charge on any atom is -0.339 e. The minimum absolute atomic E-state index is 0.0877. The van der Waals surface area contributed by atoms with Crippen molar-refractivity contribution in [3.8, 4) is 0 Å². The molecule has 0 aromatic carbocycles. The maximum atomic E-state index is 12.2. The highest BCUT2D eigenvalue weighted by Crippen LogP contribution is 2.12. The summed E-state index contributed by atoms with van der Waals surface area (Å²) in [6, 6.07) is 0.0877. The molecule has 92 valence electrons. The summed E-state index contributed by atoms with van der Waals surface area (Å²) in [5, 5.41) is 3.30. The summed E-state index contributed by atoms with van der Waals surface area (Å²) in [4.78, 5) is 18.6. The van der Waals surface area contributed by atoms with Crippen LogP contribution >= 0.6 is 0 Å². The van der Waals surface area contributed by atoms with Gasteiger partial charge in [-0.1, -0.05) is 0 Å². The first-order valence-corrected chi connectivity index (χ1v) is 6.07. The standard InChI is InChI=1S/C11H22N4O/c1-13(2)5-6-15-8-7-14-4-3-12-9-10(14)11(15)16/h10,12H,3-9H2,1-2H3. The second-order valence-electron chi connectivity index (χ2n) is 4.88. The summed E-state index contributed by atoms with van der Waals surface area (Å²) in [5.41, 5.74) is 0. The number of hydrogen-bond acceptors (Lipinski definition) is 4. The van der Waals surface area contributed by atoms with Crippen molar-refractivity contribution in [3.63, 3.8) is 0 Å². The number of carbonyl (C=O) groups is 1. The van der Waals surface area contributed by atoms with Crippen LogP contribution in [0.1, 0.15) is 0 Å². The molecule has 0 radical (unpaired) electrons. The Bertz CT molecular complexity index is 256. The van der Waals surface area contributed by atoms with Crippen LogP contribution in [0.4, 0.5) is 0 Å². The molecule has 2 aliphatic rings. The van der Waals surface area contributed by atoms with Crippen molar-refractivity contribution in [1.82, 2.24) is 20.0 Å². The van der Waals surface area contributed by atoms with E-state index in [2.05, 4.69) is 15.1 Å². The highest BCUT2D eigenvalue weighted by Gasteiger charge is 2.35. The van der Waals surface area contributed by atoms with Gasteiger partial charge in [-0.15, -0.1) is 0 Å². The summed E-state index contributed by atoms with van der Waals surface area (Å²) in [7, 11) is 4.09. The van der Waals surface area contributed by atoms with E-state index in [1.54, 1.807) is 0 Å². The average Bonchev–Trinajstić information content (AvgIpc) is 2.28. The van der Waals surface area contributed by atoms with E-state index in [0.29, 0.717) is 5.91 Å². The van der Waals surface area contributed by atoms with Gasteiger partial charge in [0.2, 0.25) is 5.91 Å². The summed E-state index contributed by atoms with van der Waals surface area (Å²) < 4.78 is 0. The van der Waals surface area contributed by atoms with Crippen molar-refractivity contribution >= 4 is 5.91 Å². The number of nitrogens with zero attached hydrogens (tertiary/aromatic N) is 3. The van der Waals surface area contributed by atoms with E-state index < -0.39 is 0 Å². The number of amides is 1. The van der Waals surface area contributed by atoms with E-state index in [0.717, 1.165) is 45.8 Å². The first kappa shape index (κ1) is 11.8. The second-order valence-corrected chi connectivity index (χ2v) is 4.88. The van der Waals surface area contributed by atoms with Crippen LogP contribution in [0, 0.1) is 0 Å². The smallest absolute Gasteiger partial charge is 0.241 e. The Labute approximate surface area is 97.4 Å². The molecule has 2 heterocycles. The predicted molar refractivity (Wildman–Crippen MR) is 63.4 cm³/mol. The molecule has 0 aromatic heterocycles. The normalized spacial score (nSPS) is 27.3. The molecule has 5 heteroatoms. The molecule has 2 saturated heterocycles. The quantitative estimate of drug-likeness (QED) is 0.647. The predicted octanol–water partition coefficient (Wildman–Crippen LogP) is -1.34. The third-order valence-corrected chi connectivity index (χ3v) is 3.43. The van der Waals surface area contributed by atoms with Crippen molar-refractivity contribution in [3.05, 3.63) is 0 Å². The first-order valence-electron chi connectivity index (χ1n) is 6.07. The third-order valence-electron chi connectivity index (χ3n) is 3.43. The molecule has 1 unspecified atom stereocenters. The van der Waals surface area contributed by atoms with Crippen LogP contribution in [0.5, 0.6) is 0 Å². The van der Waals surface area contributed by atoms with Crippen LogP contribution in [-0.2, 0) is 4.79 Å². The van der Waals surface area contributed by atoms with E-state index in [-0.39, 0.29) is 6.04 Å². The van der Waals surface area contributed by atoms with Gasteiger partial charge in [-0.3, -0.25) is 9.69 Å². The van der Waals surface area contributed by atoms with Crippen molar-refractivity contribution in [2.75, 3.05) is 59.9 Å². The Hall–Kier alpha value is -0.650. The van der Waals surface area contributed by atoms with Crippen LogP contribution in [0.15, 0.2) is 0 Å². The van der Waals surface area contributed by atoms with Gasteiger partial charge < -0.3 is 15.1 Å². The molecular formula is C11H22N4O. The van der Waals surface area contributed by atoms with Crippen molar-refractivity contribution in [2.45, 2.75) is 6.04 Å². The number of fused-ring (bicyclic) bond motifs is 1. The molecule has 0 aromatic rings. The van der Waals surface area contributed by atoms with Crippen molar-refractivity contribution in [1.29, 1.82) is 0 Å². The van der Waals surface area contributed by atoms with E-state index in [9.17, 15) is 4.79 Å². The molecule has 2 fully saturated rings. The Kier molecular flexibility index (Phi) is 3.78. The van der Waals surface area contributed by atoms with Gasteiger partial charge in [0.05, 0.1) is 0 Å². The lowest BCUT2D eigenvalue weighted by Gasteiger charge is -2.43. The molecule has 1 amide bonds. The number of likely N-dealkylation sites (N-methyl/N-ethyl adjacent to an activating group) is 1. The van der Waals surface area contributed by atoms with Crippen molar-refractivity contribution < 1.29 is 4.79 Å². The van der Waals surface area contributed by atoms with Gasteiger partial charge in [0.25, 0.3) is 0 Å². The SMILES string of the molecule is CN(C)CCN1CCN2CCNCC2C1=O. The lowest BCUT2D eigenvalue weighted by Crippen LogP contribution is -2.64. The zero-order valence-electron chi connectivity index (χ0n) is 10.3. The summed E-state index contributed by atoms with van der Waals surface area (Å²) in [6.45, 7) is 6.58. The molecule has 16 heavy (non-hydrogen) atoms. The number of hydrogen-bond donors (Lipinski definition) is 1. The fourth-order valence-corrected chi connectivity index (χ4v) is 2.37. The molecule has 5 nitrogen and oxygen atoms in total. The second kappa shape index (κ2) is 5.12. The molecule has 0 spiro atoms. The number of carbonyl (C=O) groups excluding carboxylic acids is 1. The lowest BCUT2D eigenvalue weighted by molar-refractivity contribution is -0.142. The fourth-order valence-electron chi connectivity index (χ4n) is 2.37. The Morgan fingerprint density at radius 1 is 1.38 bits per heavy atom. The molecular weight excluding hydrogens is 204 g/mol. The van der Waals surface area contributed by atoms with E-state index in [4.69, 9.17) is 0 Å². The maximum Gasteiger partial charge on any atom is 0.241 e. The molecule has 2 rings (SSSR count). The summed E-state index contributed by atoms with van der Waals surface area (Å²) in [6.07, 6.45) is 0. The largest absolute Gasteiger partial charge is 0.339 e. The van der Waals surface area contributed by atoms with Gasteiger partial charge in [-0.25, -0.2) is 0 Å². The van der Waals surface area contributed by atoms with Gasteiger partial charge in [0.1, 0.15) is 6.04 Å². The Morgan fingerprint density at radius 3 is 2.94 bits per heavy atom. The minimum atomic E-state index is 0.0877. The molecule has 0 saturated carbocycles. The van der Waals surface area contributed by atoms with E-state index >= 15 is 0 Å². The van der Waals surface area contributed by atoms with Gasteiger partial charge in [0, 0.05) is 45.8 Å². The molecule has 1 N–H and O–H groups in total. The van der Waals surface area contributed by atoms with E-state index in [1.165, 1.54) is 0 Å². The van der Waals surface area contributed by atoms with Crippen LogP contribution in [-0.4, -0.2) is 86.6 Å². The highest BCUT2D eigenvalue weighted by molar-refractivity contribution is 5.83. The van der Waals surface area contributed by atoms with Gasteiger partial charge in [0.15, 0.2) is 0 Å². The summed E-state index contributed by atoms with van der Waals surface area (Å²) >= 11 is 0. The summed E-state index contributed by atoms with van der Waals surface area (Å²) in [5.74, 6) is 0.306. The van der Waals surface area contributed by atoms with Gasteiger partial charge >= 0.3 is 0 Å². The van der Waals surface area contributed by atoms with Gasteiger partial charge in [-0.2, -0.15) is 0 Å². The topological polar surface area (TPSA) is 38.8 Å². The van der Waals surface area contributed by atoms with E-state index in [1.807, 2.05) is 19.0 Å². The van der Waals surface area contributed by atoms with Crippen molar-refractivity contribution in [2.24, 2.45) is 0 Å². The highest BCUT2D eigenvalue weighted by atomic mass is 16.2. The maximum absolute atomic E-state index is 12.2. The molecule has 0 bridgehead atoms. The third kappa shape index (κ3) is 2.53. The lowest BCUT2D eigenvalue weighted by atomic mass is 10.1. The van der Waals surface area contributed by atoms with Gasteiger partial charge in [-0.05, 0) is 14.1 Å². The number of nitrogens with one attached hydrogen (secondary N) is 1. The van der Waals surface area contributed by atoms with Crippen LogP contribution in [0.2, 0.25) is 0 Å². The number of rotatable bonds is 3. The number of piperazine rings is 2. The molecule has 2 aliphatic heterocycles. The van der Waals surface area contributed by atoms with Crippen LogP contribution in [0.3, 0.4) is 0 Å². The molecule has 1 atom stereocenters. The molecule has 0 aliphatic carbocycles. The van der Waals surface area contributed by atoms with Crippen LogP contribution < -0.4 is 5.32 Å². The monoisotopic (exact) mass is 226 g/mol.